The first-order chi connectivity index (χ1) is 8.85. The predicted octanol–water partition coefficient (Wildman–Crippen LogP) is 3.02. The van der Waals surface area contributed by atoms with E-state index in [1.807, 2.05) is 13.8 Å². The van der Waals surface area contributed by atoms with Crippen LogP contribution in [0.3, 0.4) is 0 Å². The predicted molar refractivity (Wildman–Crippen MR) is 74.9 cm³/mol. The smallest absolute Gasteiger partial charge is 0.309 e. The highest BCUT2D eigenvalue weighted by Crippen LogP contribution is 2.55. The highest BCUT2D eigenvalue weighted by atomic mass is 79.9. The van der Waals surface area contributed by atoms with Crippen molar-refractivity contribution in [3.63, 3.8) is 0 Å². The van der Waals surface area contributed by atoms with Gasteiger partial charge in [-0.1, -0.05) is 29.8 Å². The Hall–Kier alpha value is -0.640. The molecule has 3 rings (SSSR count). The Labute approximate surface area is 121 Å². The summed E-state index contributed by atoms with van der Waals surface area (Å²) < 4.78 is 5.60. The number of alkyl halides is 1. The van der Waals surface area contributed by atoms with Crippen molar-refractivity contribution in [1.29, 1.82) is 0 Å². The first-order valence-electron chi connectivity index (χ1n) is 6.95. The van der Waals surface area contributed by atoms with Gasteiger partial charge in [-0.3, -0.25) is 9.59 Å². The minimum absolute atomic E-state index is 0.00231. The number of ketones is 1. The van der Waals surface area contributed by atoms with Crippen LogP contribution in [0.4, 0.5) is 0 Å². The Bertz CT molecular complexity index is 496. The maximum absolute atomic E-state index is 12.2. The van der Waals surface area contributed by atoms with Gasteiger partial charge in [-0.2, -0.15) is 0 Å². The van der Waals surface area contributed by atoms with Gasteiger partial charge in [0.25, 0.3) is 0 Å². The lowest BCUT2D eigenvalue weighted by molar-refractivity contribution is -0.143. The molecule has 4 heteroatoms. The van der Waals surface area contributed by atoms with Crippen LogP contribution in [0.5, 0.6) is 0 Å². The number of rotatable bonds is 0. The molecule has 3 nitrogen and oxygen atoms in total. The third kappa shape index (κ3) is 1.75. The van der Waals surface area contributed by atoms with Crippen LogP contribution in [0.15, 0.2) is 11.1 Å². The fraction of sp³-hybridized carbons (Fsp3) is 0.733. The lowest BCUT2D eigenvalue weighted by Gasteiger charge is -2.46. The van der Waals surface area contributed by atoms with Crippen LogP contribution in [0.1, 0.15) is 40.0 Å². The number of ether oxygens (including phenoxy) is 1. The molecule has 0 aromatic heterocycles. The molecule has 0 amide bonds. The zero-order valence-corrected chi connectivity index (χ0v) is 13.1. The van der Waals surface area contributed by atoms with Crippen molar-refractivity contribution in [3.05, 3.63) is 11.1 Å². The summed E-state index contributed by atoms with van der Waals surface area (Å²) in [6, 6.07) is 0. The number of hydrogen-bond acceptors (Lipinski definition) is 3. The van der Waals surface area contributed by atoms with Crippen molar-refractivity contribution in [1.82, 2.24) is 0 Å². The maximum Gasteiger partial charge on any atom is 0.309 e. The molecular weight excluding hydrogens is 308 g/mol. The van der Waals surface area contributed by atoms with Gasteiger partial charge >= 0.3 is 5.97 Å². The number of fused-ring (bicyclic) bond motifs is 3. The molecule has 0 spiro atoms. The second-order valence-electron chi connectivity index (χ2n) is 6.48. The van der Waals surface area contributed by atoms with Gasteiger partial charge in [0.1, 0.15) is 6.10 Å². The van der Waals surface area contributed by atoms with Gasteiger partial charge in [0.15, 0.2) is 5.78 Å². The monoisotopic (exact) mass is 326 g/mol. The second kappa shape index (κ2) is 4.18. The van der Waals surface area contributed by atoms with Crippen molar-refractivity contribution < 1.29 is 14.3 Å². The van der Waals surface area contributed by atoms with Crippen molar-refractivity contribution in [2.45, 2.75) is 51.0 Å². The van der Waals surface area contributed by atoms with Crippen LogP contribution in [-0.2, 0) is 14.3 Å². The van der Waals surface area contributed by atoms with Crippen molar-refractivity contribution in [3.8, 4) is 0 Å². The normalized spacial score (nSPS) is 45.9. The quantitative estimate of drug-likeness (QED) is 0.507. The molecule has 1 saturated carbocycles. The largest absolute Gasteiger partial charge is 0.457 e. The molecule has 0 N–H and O–H groups in total. The summed E-state index contributed by atoms with van der Waals surface area (Å²) in [5.74, 6) is 0.272. The zero-order chi connectivity index (χ0) is 13.9. The Kier molecular flexibility index (Phi) is 2.93. The summed E-state index contributed by atoms with van der Waals surface area (Å²) >= 11 is 3.50. The summed E-state index contributed by atoms with van der Waals surface area (Å²) in [6.45, 7) is 6.05. The first kappa shape index (κ1) is 13.3. The molecule has 19 heavy (non-hydrogen) atoms. The van der Waals surface area contributed by atoms with E-state index in [1.54, 1.807) is 0 Å². The summed E-state index contributed by atoms with van der Waals surface area (Å²) in [5, 5.41) is 0. The van der Waals surface area contributed by atoms with Crippen LogP contribution < -0.4 is 0 Å². The molecule has 5 atom stereocenters. The Morgan fingerprint density at radius 1 is 1.37 bits per heavy atom. The van der Waals surface area contributed by atoms with E-state index in [-0.39, 0.29) is 39.9 Å². The highest BCUT2D eigenvalue weighted by Gasteiger charge is 2.55. The zero-order valence-electron chi connectivity index (χ0n) is 11.5. The molecule has 1 aliphatic heterocycles. The standard InChI is InChI=1S/C15H19BrO3/c1-7-9-4-5-15(3)6-10(16)12(17)8(2)11(15)13(9)19-14(7)18/h7,9-10,13H,4-6H2,1-3H3/t7-,9+,10?,13-,15-/m1/s1. The van der Waals surface area contributed by atoms with Crippen LogP contribution in [-0.4, -0.2) is 22.7 Å². The van der Waals surface area contributed by atoms with E-state index in [2.05, 4.69) is 22.9 Å². The SMILES string of the molecule is CC1=C2[C@@H]3OC(=O)[C@H](C)[C@@H]3CC[C@]2(C)CC(Br)C1=O. The van der Waals surface area contributed by atoms with E-state index in [4.69, 9.17) is 4.74 Å². The van der Waals surface area contributed by atoms with E-state index in [0.717, 1.165) is 30.4 Å². The third-order valence-electron chi connectivity index (χ3n) is 5.30. The van der Waals surface area contributed by atoms with Crippen LogP contribution in [0.2, 0.25) is 0 Å². The number of hydrogen-bond donors (Lipinski definition) is 0. The third-order valence-corrected chi connectivity index (χ3v) is 6.04. The molecule has 0 aromatic rings. The van der Waals surface area contributed by atoms with Gasteiger partial charge in [-0.05, 0) is 42.7 Å². The molecular formula is C15H19BrO3. The van der Waals surface area contributed by atoms with Crippen molar-refractivity contribution in [2.75, 3.05) is 0 Å². The molecule has 104 valence electrons. The van der Waals surface area contributed by atoms with E-state index in [1.165, 1.54) is 0 Å². The molecule has 1 heterocycles. The number of esters is 1. The molecule has 0 bridgehead atoms. The summed E-state index contributed by atoms with van der Waals surface area (Å²) in [5.41, 5.74) is 1.91. The fourth-order valence-electron chi connectivity index (χ4n) is 4.13. The molecule has 0 aromatic carbocycles. The van der Waals surface area contributed by atoms with Crippen LogP contribution in [0.25, 0.3) is 0 Å². The minimum atomic E-state index is -0.162. The molecule has 3 aliphatic rings. The Balaban J connectivity index is 2.09. The van der Waals surface area contributed by atoms with Gasteiger partial charge in [-0.25, -0.2) is 0 Å². The summed E-state index contributed by atoms with van der Waals surface area (Å²) in [7, 11) is 0. The van der Waals surface area contributed by atoms with E-state index in [0.29, 0.717) is 0 Å². The molecule has 1 saturated heterocycles. The van der Waals surface area contributed by atoms with Gasteiger partial charge in [0, 0.05) is 5.92 Å². The fourth-order valence-corrected chi connectivity index (χ4v) is 5.19. The Morgan fingerprint density at radius 2 is 2.05 bits per heavy atom. The highest BCUT2D eigenvalue weighted by molar-refractivity contribution is 9.10. The van der Waals surface area contributed by atoms with E-state index in [9.17, 15) is 9.59 Å². The van der Waals surface area contributed by atoms with E-state index < -0.39 is 0 Å². The average Bonchev–Trinajstić information content (AvgIpc) is 2.61. The van der Waals surface area contributed by atoms with Crippen LogP contribution in [0, 0.1) is 17.3 Å². The second-order valence-corrected chi connectivity index (χ2v) is 7.59. The average molecular weight is 327 g/mol. The van der Waals surface area contributed by atoms with Gasteiger partial charge in [-0.15, -0.1) is 0 Å². The molecule has 0 radical (unpaired) electrons. The van der Waals surface area contributed by atoms with Gasteiger partial charge in [0.05, 0.1) is 10.7 Å². The first-order valence-corrected chi connectivity index (χ1v) is 7.87. The minimum Gasteiger partial charge on any atom is -0.457 e. The van der Waals surface area contributed by atoms with Gasteiger partial charge < -0.3 is 4.74 Å². The van der Waals surface area contributed by atoms with Crippen molar-refractivity contribution >= 4 is 27.7 Å². The number of carbonyl (C=O) groups excluding carboxylic acids is 2. The van der Waals surface area contributed by atoms with Crippen molar-refractivity contribution in [2.24, 2.45) is 17.3 Å². The number of carbonyl (C=O) groups is 2. The lowest BCUT2D eigenvalue weighted by atomic mass is 9.59. The number of Topliss-reactive ketones (excluding diaryl/α,β-unsaturated/α-hetero) is 1. The number of allylic oxidation sites excluding steroid dienone is 1. The Morgan fingerprint density at radius 3 is 2.74 bits per heavy atom. The van der Waals surface area contributed by atoms with Crippen LogP contribution >= 0.6 is 15.9 Å². The summed E-state index contributed by atoms with van der Waals surface area (Å²) in [6.07, 6.45) is 2.70. The van der Waals surface area contributed by atoms with Gasteiger partial charge in [0.2, 0.25) is 0 Å². The topological polar surface area (TPSA) is 43.4 Å². The number of halogens is 1. The maximum atomic E-state index is 12.2. The summed E-state index contributed by atoms with van der Waals surface area (Å²) in [4.78, 5) is 24.0. The molecule has 2 fully saturated rings. The lowest BCUT2D eigenvalue weighted by Crippen LogP contribution is -2.45. The molecule has 1 unspecified atom stereocenters. The molecule has 2 aliphatic carbocycles. The van der Waals surface area contributed by atoms with E-state index >= 15 is 0 Å².